The maximum atomic E-state index is 12.7. The number of pyridine rings is 1. The van der Waals surface area contributed by atoms with Gasteiger partial charge in [0.2, 0.25) is 10.0 Å². The molecule has 2 atom stereocenters. The Balaban J connectivity index is 0.00000289. The molecule has 0 amide bonds. The molecule has 2 heterocycles. The van der Waals surface area contributed by atoms with E-state index in [4.69, 9.17) is 4.52 Å². The van der Waals surface area contributed by atoms with Crippen molar-refractivity contribution >= 4 is 44.2 Å². The molecule has 32 heavy (non-hydrogen) atoms. The molecule has 1 unspecified atom stereocenters. The second kappa shape index (κ2) is 9.51. The van der Waals surface area contributed by atoms with Gasteiger partial charge in [0.25, 0.3) is 0 Å². The Bertz CT molecular complexity index is 1320. The van der Waals surface area contributed by atoms with Gasteiger partial charge in [0.1, 0.15) is 0 Å². The maximum absolute atomic E-state index is 12.7. The molecular formula is C22H25ClN4O4S. The third-order valence-corrected chi connectivity index (χ3v) is 6.76. The van der Waals surface area contributed by atoms with Gasteiger partial charge in [-0.15, -0.1) is 12.4 Å². The number of fused-ring (bicyclic) bond motifs is 2. The highest BCUT2D eigenvalue weighted by molar-refractivity contribution is 7.89. The van der Waals surface area contributed by atoms with Crippen LogP contribution in [-0.2, 0) is 15.6 Å². The summed E-state index contributed by atoms with van der Waals surface area (Å²) in [5, 5.41) is 20.2. The predicted octanol–water partition coefficient (Wildman–Crippen LogP) is 2.96. The van der Waals surface area contributed by atoms with Gasteiger partial charge < -0.3 is 14.9 Å². The molecular weight excluding hydrogens is 452 g/mol. The molecule has 0 saturated carbocycles. The fourth-order valence-electron chi connectivity index (χ4n) is 3.44. The second-order valence-electron chi connectivity index (χ2n) is 7.89. The molecule has 0 aliphatic rings. The Morgan fingerprint density at radius 2 is 1.91 bits per heavy atom. The third kappa shape index (κ3) is 5.25. The molecule has 0 saturated heterocycles. The van der Waals surface area contributed by atoms with E-state index in [0.717, 1.165) is 21.7 Å². The van der Waals surface area contributed by atoms with Gasteiger partial charge in [-0.25, -0.2) is 13.1 Å². The third-order valence-electron chi connectivity index (χ3n) is 5.17. The summed E-state index contributed by atoms with van der Waals surface area (Å²) in [5.74, 6) is 0. The highest BCUT2D eigenvalue weighted by Crippen LogP contribution is 2.24. The van der Waals surface area contributed by atoms with Gasteiger partial charge in [-0.1, -0.05) is 17.3 Å². The topological polar surface area (TPSA) is 117 Å². The van der Waals surface area contributed by atoms with Gasteiger partial charge in [0.15, 0.2) is 5.58 Å². The molecule has 2 aromatic carbocycles. The normalized spacial score (nSPS) is 14.7. The average Bonchev–Trinajstić information content (AvgIpc) is 3.21. The van der Waals surface area contributed by atoms with Crippen molar-refractivity contribution < 1.29 is 18.0 Å². The van der Waals surface area contributed by atoms with Gasteiger partial charge in [-0.2, -0.15) is 0 Å². The van der Waals surface area contributed by atoms with E-state index >= 15 is 0 Å². The SMILES string of the molecule is C[C@H](CNCC(C)(O)c1ccc2oncc2c1)NS(=O)(=O)c1ccc2cnccc2c1.Cl. The molecule has 0 fully saturated rings. The van der Waals surface area contributed by atoms with E-state index in [-0.39, 0.29) is 29.9 Å². The van der Waals surface area contributed by atoms with Gasteiger partial charge >= 0.3 is 0 Å². The second-order valence-corrected chi connectivity index (χ2v) is 9.60. The first kappa shape index (κ1) is 24.1. The van der Waals surface area contributed by atoms with Crippen molar-refractivity contribution in [1.82, 2.24) is 20.2 Å². The Labute approximate surface area is 192 Å². The minimum absolute atomic E-state index is 0. The number of aliphatic hydroxyl groups is 1. The first-order chi connectivity index (χ1) is 14.7. The van der Waals surface area contributed by atoms with Crippen LogP contribution in [0.15, 0.2) is 70.5 Å². The summed E-state index contributed by atoms with van der Waals surface area (Å²) in [5.41, 5.74) is 0.228. The molecule has 170 valence electrons. The molecule has 0 spiro atoms. The molecule has 4 rings (SSSR count). The minimum Gasteiger partial charge on any atom is -0.384 e. The summed E-state index contributed by atoms with van der Waals surface area (Å²) in [6.07, 6.45) is 4.92. The quantitative estimate of drug-likeness (QED) is 0.358. The van der Waals surface area contributed by atoms with Gasteiger partial charge in [0, 0.05) is 42.3 Å². The number of sulfonamides is 1. The lowest BCUT2D eigenvalue weighted by Crippen LogP contribution is -2.44. The Morgan fingerprint density at radius 3 is 2.72 bits per heavy atom. The van der Waals surface area contributed by atoms with Crippen LogP contribution in [0.3, 0.4) is 0 Å². The molecule has 3 N–H and O–H groups in total. The number of nitrogens with one attached hydrogen (secondary N) is 2. The summed E-state index contributed by atoms with van der Waals surface area (Å²) < 4.78 is 33.3. The monoisotopic (exact) mass is 476 g/mol. The lowest BCUT2D eigenvalue weighted by atomic mass is 9.95. The summed E-state index contributed by atoms with van der Waals surface area (Å²) in [7, 11) is -3.68. The Hall–Kier alpha value is -2.56. The fourth-order valence-corrected chi connectivity index (χ4v) is 4.72. The first-order valence-electron chi connectivity index (χ1n) is 9.89. The van der Waals surface area contributed by atoms with Crippen molar-refractivity contribution in [2.24, 2.45) is 0 Å². The fraction of sp³-hybridized carbons (Fsp3) is 0.273. The van der Waals surface area contributed by atoms with Crippen LogP contribution in [0.2, 0.25) is 0 Å². The van der Waals surface area contributed by atoms with Gasteiger partial charge in [0.05, 0.1) is 16.7 Å². The summed E-state index contributed by atoms with van der Waals surface area (Å²) in [6.45, 7) is 4.07. The van der Waals surface area contributed by atoms with Crippen LogP contribution in [0.5, 0.6) is 0 Å². The van der Waals surface area contributed by atoms with Crippen molar-refractivity contribution in [2.75, 3.05) is 13.1 Å². The molecule has 0 radical (unpaired) electrons. The maximum Gasteiger partial charge on any atom is 0.240 e. The van der Waals surface area contributed by atoms with Gasteiger partial charge in [-0.05, 0) is 55.1 Å². The van der Waals surface area contributed by atoms with Crippen molar-refractivity contribution in [2.45, 2.75) is 30.4 Å². The van der Waals surface area contributed by atoms with E-state index in [1.54, 1.807) is 68.8 Å². The van der Waals surface area contributed by atoms with Crippen LogP contribution < -0.4 is 10.0 Å². The van der Waals surface area contributed by atoms with E-state index < -0.39 is 15.6 Å². The van der Waals surface area contributed by atoms with E-state index in [2.05, 4.69) is 20.2 Å². The van der Waals surface area contributed by atoms with Crippen LogP contribution in [0.1, 0.15) is 19.4 Å². The Morgan fingerprint density at radius 1 is 1.09 bits per heavy atom. The highest BCUT2D eigenvalue weighted by Gasteiger charge is 2.24. The molecule has 2 aromatic heterocycles. The number of hydrogen-bond acceptors (Lipinski definition) is 7. The summed E-state index contributed by atoms with van der Waals surface area (Å²) in [6, 6.07) is 11.7. The lowest BCUT2D eigenvalue weighted by Gasteiger charge is -2.25. The van der Waals surface area contributed by atoms with E-state index in [9.17, 15) is 13.5 Å². The smallest absolute Gasteiger partial charge is 0.240 e. The van der Waals surface area contributed by atoms with E-state index in [1.165, 1.54) is 0 Å². The van der Waals surface area contributed by atoms with Crippen molar-refractivity contribution in [1.29, 1.82) is 0 Å². The number of aromatic nitrogens is 2. The number of nitrogens with zero attached hydrogens (tertiary/aromatic N) is 2. The average molecular weight is 477 g/mol. The van der Waals surface area contributed by atoms with Gasteiger partial charge in [-0.3, -0.25) is 4.98 Å². The zero-order chi connectivity index (χ0) is 22.1. The standard InChI is InChI=1S/C22H24N4O4S.ClH/c1-15(26-31(28,29)20-5-3-17-12-23-8-7-16(17)10-20)11-24-14-22(2,27)19-4-6-21-18(9-19)13-25-30-21;/h3-10,12-13,15,24,26-27H,11,14H2,1-2H3;1H/t15-,22?;/m1./s1. The lowest BCUT2D eigenvalue weighted by molar-refractivity contribution is 0.0569. The van der Waals surface area contributed by atoms with Crippen molar-refractivity contribution in [3.05, 3.63) is 66.6 Å². The summed E-state index contributed by atoms with van der Waals surface area (Å²) >= 11 is 0. The van der Waals surface area contributed by atoms with E-state index in [1.807, 2.05) is 6.07 Å². The van der Waals surface area contributed by atoms with Crippen LogP contribution in [0, 0.1) is 0 Å². The van der Waals surface area contributed by atoms with E-state index in [0.29, 0.717) is 12.1 Å². The molecule has 0 bridgehead atoms. The van der Waals surface area contributed by atoms with Crippen molar-refractivity contribution in [3.8, 4) is 0 Å². The van der Waals surface area contributed by atoms with Crippen LogP contribution in [0.25, 0.3) is 21.7 Å². The molecule has 4 aromatic rings. The van der Waals surface area contributed by atoms with Crippen LogP contribution in [-0.4, -0.2) is 42.8 Å². The highest BCUT2D eigenvalue weighted by atomic mass is 35.5. The van der Waals surface area contributed by atoms with Crippen LogP contribution in [0.4, 0.5) is 0 Å². The number of halogens is 1. The predicted molar refractivity (Wildman–Crippen MR) is 125 cm³/mol. The van der Waals surface area contributed by atoms with Crippen molar-refractivity contribution in [3.63, 3.8) is 0 Å². The largest absolute Gasteiger partial charge is 0.384 e. The summed E-state index contributed by atoms with van der Waals surface area (Å²) in [4.78, 5) is 4.24. The van der Waals surface area contributed by atoms with Crippen LogP contribution >= 0.6 is 12.4 Å². The molecule has 8 nitrogen and oxygen atoms in total. The zero-order valence-corrected chi connectivity index (χ0v) is 19.3. The first-order valence-corrected chi connectivity index (χ1v) is 11.4. The number of benzene rings is 2. The molecule has 10 heteroatoms. The number of rotatable bonds is 8. The number of hydrogen-bond donors (Lipinski definition) is 3. The molecule has 0 aliphatic carbocycles. The minimum atomic E-state index is -3.68. The zero-order valence-electron chi connectivity index (χ0n) is 17.6. The Kier molecular flexibility index (Phi) is 7.16. The molecule has 0 aliphatic heterocycles.